The molecule has 1 aromatic rings. The van der Waals surface area contributed by atoms with Crippen LogP contribution >= 0.6 is 0 Å². The van der Waals surface area contributed by atoms with Gasteiger partial charge < -0.3 is 10.6 Å². The molecule has 0 amide bonds. The zero-order valence-corrected chi connectivity index (χ0v) is 9.45. The van der Waals surface area contributed by atoms with Crippen LogP contribution in [0.25, 0.3) is 0 Å². The van der Waals surface area contributed by atoms with Crippen LogP contribution in [-0.4, -0.2) is 19.6 Å². The highest BCUT2D eigenvalue weighted by molar-refractivity contribution is 5.60. The van der Waals surface area contributed by atoms with Crippen LogP contribution in [-0.2, 0) is 0 Å². The Morgan fingerprint density at radius 1 is 1.40 bits per heavy atom. The van der Waals surface area contributed by atoms with E-state index in [0.717, 1.165) is 26.1 Å². The summed E-state index contributed by atoms with van der Waals surface area (Å²) in [6, 6.07) is 8.76. The summed E-state index contributed by atoms with van der Waals surface area (Å²) in [5.74, 6) is 0.651. The summed E-state index contributed by atoms with van der Waals surface area (Å²) in [5, 5.41) is 0. The van der Waals surface area contributed by atoms with E-state index in [-0.39, 0.29) is 0 Å². The molecule has 1 aliphatic heterocycles. The van der Waals surface area contributed by atoms with Crippen molar-refractivity contribution in [1.82, 2.24) is 0 Å². The molecule has 1 aromatic carbocycles. The molecule has 0 aliphatic carbocycles. The average molecular weight is 204 g/mol. The number of nitrogens with zero attached hydrogens (tertiary/aromatic N) is 1. The Balaban J connectivity index is 2.22. The Morgan fingerprint density at radius 2 is 2.20 bits per heavy atom. The summed E-state index contributed by atoms with van der Waals surface area (Å²) in [7, 11) is 0. The Hall–Kier alpha value is -1.02. The Labute approximate surface area is 92.1 Å². The van der Waals surface area contributed by atoms with Gasteiger partial charge in [0.15, 0.2) is 0 Å². The van der Waals surface area contributed by atoms with E-state index in [9.17, 15) is 0 Å². The van der Waals surface area contributed by atoms with Crippen LogP contribution in [0.15, 0.2) is 24.3 Å². The van der Waals surface area contributed by atoms with Gasteiger partial charge in [0.25, 0.3) is 0 Å². The van der Waals surface area contributed by atoms with Crippen LogP contribution in [0.5, 0.6) is 0 Å². The van der Waals surface area contributed by atoms with E-state index in [1.165, 1.54) is 17.7 Å². The van der Waals surface area contributed by atoms with Crippen molar-refractivity contribution in [3.63, 3.8) is 0 Å². The van der Waals surface area contributed by atoms with Gasteiger partial charge >= 0.3 is 0 Å². The lowest BCUT2D eigenvalue weighted by Crippen LogP contribution is -2.23. The third-order valence-electron chi connectivity index (χ3n) is 3.17. The van der Waals surface area contributed by atoms with E-state index < -0.39 is 0 Å². The number of fused-ring (bicyclic) bond motifs is 1. The summed E-state index contributed by atoms with van der Waals surface area (Å²) in [6.45, 7) is 5.35. The second-order valence-corrected chi connectivity index (χ2v) is 4.28. The normalized spacial score (nSPS) is 19.3. The lowest BCUT2D eigenvalue weighted by Gasteiger charge is -2.18. The van der Waals surface area contributed by atoms with Gasteiger partial charge in [-0.3, -0.25) is 0 Å². The molecule has 1 aliphatic rings. The molecule has 2 rings (SSSR count). The monoisotopic (exact) mass is 204 g/mol. The minimum Gasteiger partial charge on any atom is -0.371 e. The number of para-hydroxylation sites is 1. The highest BCUT2D eigenvalue weighted by Crippen LogP contribution is 2.37. The molecule has 0 saturated heterocycles. The first-order valence-corrected chi connectivity index (χ1v) is 5.90. The van der Waals surface area contributed by atoms with Gasteiger partial charge in [0.05, 0.1) is 0 Å². The molecular weight excluding hydrogens is 184 g/mol. The van der Waals surface area contributed by atoms with Gasteiger partial charge in [-0.2, -0.15) is 0 Å². The number of anilines is 1. The van der Waals surface area contributed by atoms with Crippen molar-refractivity contribution >= 4 is 5.69 Å². The average Bonchev–Trinajstić information content (AvgIpc) is 2.59. The van der Waals surface area contributed by atoms with Gasteiger partial charge in [-0.1, -0.05) is 25.1 Å². The number of benzene rings is 1. The van der Waals surface area contributed by atoms with Crippen LogP contribution in [0.4, 0.5) is 5.69 Å². The van der Waals surface area contributed by atoms with E-state index >= 15 is 0 Å². The molecule has 2 N–H and O–H groups in total. The summed E-state index contributed by atoms with van der Waals surface area (Å²) >= 11 is 0. The molecule has 1 heterocycles. The molecule has 0 saturated carbocycles. The molecule has 2 nitrogen and oxygen atoms in total. The molecule has 0 fully saturated rings. The minimum absolute atomic E-state index is 0.651. The first-order chi connectivity index (χ1) is 7.36. The summed E-state index contributed by atoms with van der Waals surface area (Å²) < 4.78 is 0. The van der Waals surface area contributed by atoms with Gasteiger partial charge in [0, 0.05) is 24.7 Å². The van der Waals surface area contributed by atoms with Crippen molar-refractivity contribution in [3.05, 3.63) is 29.8 Å². The van der Waals surface area contributed by atoms with Crippen LogP contribution in [0.1, 0.15) is 31.2 Å². The number of nitrogens with two attached hydrogens (primary N) is 1. The Morgan fingerprint density at radius 3 is 2.93 bits per heavy atom. The fourth-order valence-corrected chi connectivity index (χ4v) is 2.51. The van der Waals surface area contributed by atoms with Crippen molar-refractivity contribution in [2.45, 2.75) is 25.7 Å². The Kier molecular flexibility index (Phi) is 3.27. The van der Waals surface area contributed by atoms with Crippen LogP contribution < -0.4 is 10.6 Å². The topological polar surface area (TPSA) is 29.3 Å². The van der Waals surface area contributed by atoms with Crippen LogP contribution in [0.3, 0.4) is 0 Å². The zero-order valence-electron chi connectivity index (χ0n) is 9.45. The SMILES string of the molecule is CCCN1CC(CCN)c2ccccc21. The quantitative estimate of drug-likeness (QED) is 0.815. The molecule has 1 unspecified atom stereocenters. The number of hydrogen-bond acceptors (Lipinski definition) is 2. The maximum atomic E-state index is 5.67. The van der Waals surface area contributed by atoms with Crippen LogP contribution in [0, 0.1) is 0 Å². The highest BCUT2D eigenvalue weighted by atomic mass is 15.1. The van der Waals surface area contributed by atoms with E-state index in [2.05, 4.69) is 36.1 Å². The van der Waals surface area contributed by atoms with E-state index in [4.69, 9.17) is 5.73 Å². The van der Waals surface area contributed by atoms with E-state index in [0.29, 0.717) is 5.92 Å². The third kappa shape index (κ3) is 2.00. The first-order valence-electron chi connectivity index (χ1n) is 5.90. The van der Waals surface area contributed by atoms with Crippen molar-refractivity contribution < 1.29 is 0 Å². The molecule has 1 atom stereocenters. The molecule has 0 spiro atoms. The van der Waals surface area contributed by atoms with Crippen molar-refractivity contribution in [1.29, 1.82) is 0 Å². The smallest absolute Gasteiger partial charge is 0.0402 e. The molecule has 0 radical (unpaired) electrons. The third-order valence-corrected chi connectivity index (χ3v) is 3.17. The largest absolute Gasteiger partial charge is 0.371 e. The summed E-state index contributed by atoms with van der Waals surface area (Å²) in [5.41, 5.74) is 8.59. The van der Waals surface area contributed by atoms with Crippen LogP contribution in [0.2, 0.25) is 0 Å². The first kappa shape index (κ1) is 10.5. The fraction of sp³-hybridized carbons (Fsp3) is 0.538. The fourth-order valence-electron chi connectivity index (χ4n) is 2.51. The molecule has 15 heavy (non-hydrogen) atoms. The van der Waals surface area contributed by atoms with Gasteiger partial charge in [0.2, 0.25) is 0 Å². The number of hydrogen-bond donors (Lipinski definition) is 1. The zero-order chi connectivity index (χ0) is 10.7. The molecule has 0 bridgehead atoms. The van der Waals surface area contributed by atoms with Gasteiger partial charge in [-0.25, -0.2) is 0 Å². The molecule has 82 valence electrons. The van der Waals surface area contributed by atoms with Gasteiger partial charge in [-0.05, 0) is 31.0 Å². The van der Waals surface area contributed by atoms with Crippen molar-refractivity contribution in [3.8, 4) is 0 Å². The Bertz CT molecular complexity index is 291. The molecular formula is C13H20N2. The predicted molar refractivity (Wildman–Crippen MR) is 65.4 cm³/mol. The second-order valence-electron chi connectivity index (χ2n) is 4.28. The lowest BCUT2D eigenvalue weighted by molar-refractivity contribution is 0.641. The van der Waals surface area contributed by atoms with Crippen molar-refractivity contribution in [2.24, 2.45) is 5.73 Å². The number of rotatable bonds is 4. The van der Waals surface area contributed by atoms with Crippen molar-refractivity contribution in [2.75, 3.05) is 24.5 Å². The summed E-state index contributed by atoms with van der Waals surface area (Å²) in [6.07, 6.45) is 2.32. The van der Waals surface area contributed by atoms with E-state index in [1.54, 1.807) is 0 Å². The van der Waals surface area contributed by atoms with Gasteiger partial charge in [0.1, 0.15) is 0 Å². The second kappa shape index (κ2) is 4.67. The molecule has 2 heteroatoms. The summed E-state index contributed by atoms with van der Waals surface area (Å²) in [4.78, 5) is 2.50. The maximum Gasteiger partial charge on any atom is 0.0402 e. The lowest BCUT2D eigenvalue weighted by atomic mass is 9.98. The highest BCUT2D eigenvalue weighted by Gasteiger charge is 2.26. The predicted octanol–water partition coefficient (Wildman–Crippen LogP) is 2.35. The molecule has 0 aromatic heterocycles. The maximum absolute atomic E-state index is 5.67. The standard InChI is InChI=1S/C13H20N2/c1-2-9-15-10-11(7-8-14)12-5-3-4-6-13(12)15/h3-6,11H,2,7-10,14H2,1H3. The van der Waals surface area contributed by atoms with Gasteiger partial charge in [-0.15, -0.1) is 0 Å². The van der Waals surface area contributed by atoms with E-state index in [1.807, 2.05) is 0 Å². The minimum atomic E-state index is 0.651.